The maximum absolute atomic E-state index is 12.2. The molecule has 0 spiro atoms. The van der Waals surface area contributed by atoms with Crippen LogP contribution in [0.3, 0.4) is 0 Å². The number of hydrogen-bond donors (Lipinski definition) is 3. The second-order valence-electron chi connectivity index (χ2n) is 4.42. The third-order valence-corrected chi connectivity index (χ3v) is 4.21. The summed E-state index contributed by atoms with van der Waals surface area (Å²) in [6.07, 6.45) is 2.27. The van der Waals surface area contributed by atoms with Gasteiger partial charge in [-0.3, -0.25) is 0 Å². The van der Waals surface area contributed by atoms with Gasteiger partial charge in [-0.25, -0.2) is 18.1 Å². The molecule has 114 valence electrons. The van der Waals surface area contributed by atoms with E-state index >= 15 is 0 Å². The molecule has 2 heterocycles. The van der Waals surface area contributed by atoms with Gasteiger partial charge in [0.25, 0.3) is 0 Å². The predicted molar refractivity (Wildman–Crippen MR) is 75.9 cm³/mol. The normalized spacial score (nSPS) is 13.0. The van der Waals surface area contributed by atoms with Gasteiger partial charge in [0.1, 0.15) is 10.7 Å². The highest BCUT2D eigenvalue weighted by molar-refractivity contribution is 7.89. The van der Waals surface area contributed by atoms with E-state index in [1.807, 2.05) is 6.92 Å². The molecule has 0 bridgehead atoms. The Bertz CT molecular complexity index is 654. The Labute approximate surface area is 122 Å². The Kier molecular flexibility index (Phi) is 4.81. The zero-order valence-electron chi connectivity index (χ0n) is 11.7. The molecule has 0 aliphatic carbocycles. The largest absolute Gasteiger partial charge is 0.370 e. The van der Waals surface area contributed by atoms with Gasteiger partial charge in [0.05, 0.1) is 6.04 Å². The van der Waals surface area contributed by atoms with Crippen LogP contribution < -0.4 is 10.0 Å². The van der Waals surface area contributed by atoms with Crippen LogP contribution in [0.2, 0.25) is 0 Å². The van der Waals surface area contributed by atoms with E-state index in [1.54, 1.807) is 13.0 Å². The van der Waals surface area contributed by atoms with E-state index < -0.39 is 16.1 Å². The highest BCUT2D eigenvalue weighted by atomic mass is 32.2. The molecule has 0 saturated heterocycles. The molecule has 0 saturated carbocycles. The molecule has 2 aromatic heterocycles. The van der Waals surface area contributed by atoms with Crippen LogP contribution in [0, 0.1) is 0 Å². The Morgan fingerprint density at radius 2 is 2.19 bits per heavy atom. The summed E-state index contributed by atoms with van der Waals surface area (Å²) in [4.78, 5) is 4.16. The van der Waals surface area contributed by atoms with Gasteiger partial charge in [0, 0.05) is 12.7 Å². The van der Waals surface area contributed by atoms with E-state index in [0.29, 0.717) is 5.82 Å². The minimum absolute atomic E-state index is 0.0832. The number of pyridine rings is 1. The highest BCUT2D eigenvalue weighted by Gasteiger charge is 2.21. The number of aromatic nitrogens is 5. The molecule has 0 amide bonds. The van der Waals surface area contributed by atoms with E-state index in [0.717, 1.165) is 13.0 Å². The van der Waals surface area contributed by atoms with Gasteiger partial charge in [-0.1, -0.05) is 12.1 Å². The zero-order valence-corrected chi connectivity index (χ0v) is 12.6. The fraction of sp³-hybridized carbons (Fsp3) is 0.455. The minimum atomic E-state index is -3.68. The first-order valence-corrected chi connectivity index (χ1v) is 7.97. The first-order chi connectivity index (χ1) is 10.0. The third kappa shape index (κ3) is 3.95. The molecule has 0 aromatic carbocycles. The van der Waals surface area contributed by atoms with Crippen LogP contribution in [0.1, 0.15) is 32.1 Å². The number of anilines is 1. The van der Waals surface area contributed by atoms with Crippen molar-refractivity contribution in [3.05, 3.63) is 24.2 Å². The van der Waals surface area contributed by atoms with E-state index in [-0.39, 0.29) is 10.7 Å². The van der Waals surface area contributed by atoms with Crippen LogP contribution in [-0.4, -0.2) is 40.6 Å². The SMILES string of the molecule is CCCNc1ccc(S(=O)(=O)NC(C)c2nn[nH]n2)cn1. The molecular weight excluding hydrogens is 294 g/mol. The second kappa shape index (κ2) is 6.59. The molecule has 0 fully saturated rings. The van der Waals surface area contributed by atoms with Gasteiger partial charge in [-0.05, 0) is 25.5 Å². The number of nitrogens with zero attached hydrogens (tertiary/aromatic N) is 4. The maximum atomic E-state index is 12.2. The van der Waals surface area contributed by atoms with Crippen LogP contribution in [-0.2, 0) is 10.0 Å². The number of H-pyrrole nitrogens is 1. The molecule has 9 nitrogen and oxygen atoms in total. The van der Waals surface area contributed by atoms with E-state index in [4.69, 9.17) is 0 Å². The first-order valence-electron chi connectivity index (χ1n) is 6.48. The number of sulfonamides is 1. The topological polar surface area (TPSA) is 126 Å². The molecule has 10 heteroatoms. The second-order valence-corrected chi connectivity index (χ2v) is 6.13. The summed E-state index contributed by atoms with van der Waals surface area (Å²) in [5.74, 6) is 0.912. The lowest BCUT2D eigenvalue weighted by molar-refractivity contribution is 0.559. The van der Waals surface area contributed by atoms with E-state index in [1.165, 1.54) is 12.3 Å². The number of hydrogen-bond acceptors (Lipinski definition) is 7. The Morgan fingerprint density at radius 1 is 1.38 bits per heavy atom. The molecule has 21 heavy (non-hydrogen) atoms. The lowest BCUT2D eigenvalue weighted by Crippen LogP contribution is -2.27. The average molecular weight is 311 g/mol. The molecular formula is C11H17N7O2S. The van der Waals surface area contributed by atoms with Gasteiger partial charge < -0.3 is 5.32 Å². The first kappa shape index (κ1) is 15.3. The van der Waals surface area contributed by atoms with Gasteiger partial charge in [-0.15, -0.1) is 10.2 Å². The molecule has 2 aromatic rings. The summed E-state index contributed by atoms with van der Waals surface area (Å²) in [6.45, 7) is 4.45. The number of aromatic amines is 1. The van der Waals surface area contributed by atoms with Crippen LogP contribution in [0.15, 0.2) is 23.2 Å². The molecule has 0 aliphatic rings. The Morgan fingerprint density at radius 3 is 2.76 bits per heavy atom. The number of rotatable bonds is 7. The quantitative estimate of drug-likeness (QED) is 0.678. The predicted octanol–water partition coefficient (Wildman–Crippen LogP) is 0.456. The van der Waals surface area contributed by atoms with Crippen molar-refractivity contribution in [1.82, 2.24) is 30.3 Å². The van der Waals surface area contributed by atoms with Crippen LogP contribution >= 0.6 is 0 Å². The Balaban J connectivity index is 2.08. The number of tetrazole rings is 1. The van der Waals surface area contributed by atoms with Crippen molar-refractivity contribution in [2.75, 3.05) is 11.9 Å². The van der Waals surface area contributed by atoms with Gasteiger partial charge in [0.15, 0.2) is 5.82 Å². The summed E-state index contributed by atoms with van der Waals surface area (Å²) in [5.41, 5.74) is 0. The molecule has 3 N–H and O–H groups in total. The van der Waals surface area contributed by atoms with Crippen LogP contribution in [0.25, 0.3) is 0 Å². The van der Waals surface area contributed by atoms with Crippen molar-refractivity contribution in [2.24, 2.45) is 0 Å². The van der Waals surface area contributed by atoms with E-state index in [9.17, 15) is 8.42 Å². The Hall–Kier alpha value is -2.07. The summed E-state index contributed by atoms with van der Waals surface area (Å²) < 4.78 is 26.9. The van der Waals surface area contributed by atoms with Gasteiger partial charge in [-0.2, -0.15) is 5.21 Å². The van der Waals surface area contributed by atoms with Crippen LogP contribution in [0.5, 0.6) is 0 Å². The monoisotopic (exact) mass is 311 g/mol. The lowest BCUT2D eigenvalue weighted by Gasteiger charge is -2.11. The summed E-state index contributed by atoms with van der Waals surface area (Å²) >= 11 is 0. The van der Waals surface area contributed by atoms with Crippen molar-refractivity contribution < 1.29 is 8.42 Å². The standard InChI is InChI=1S/C11H17N7O2S/c1-3-6-12-10-5-4-9(7-13-10)21(19,20)16-8(2)11-14-17-18-15-11/h4-5,7-8,16H,3,6H2,1-2H3,(H,12,13)(H,14,15,17,18). The van der Waals surface area contributed by atoms with Crippen molar-refractivity contribution in [3.63, 3.8) is 0 Å². The molecule has 2 rings (SSSR count). The minimum Gasteiger partial charge on any atom is -0.370 e. The van der Waals surface area contributed by atoms with Gasteiger partial charge >= 0.3 is 0 Å². The smallest absolute Gasteiger partial charge is 0.242 e. The van der Waals surface area contributed by atoms with Crippen molar-refractivity contribution in [1.29, 1.82) is 0 Å². The lowest BCUT2D eigenvalue weighted by atomic mass is 10.4. The van der Waals surface area contributed by atoms with Crippen molar-refractivity contribution >= 4 is 15.8 Å². The highest BCUT2D eigenvalue weighted by Crippen LogP contribution is 2.14. The van der Waals surface area contributed by atoms with E-state index in [2.05, 4.69) is 35.6 Å². The zero-order chi connectivity index (χ0) is 15.3. The number of nitrogens with one attached hydrogen (secondary N) is 3. The molecule has 1 atom stereocenters. The van der Waals surface area contributed by atoms with Crippen molar-refractivity contribution in [2.45, 2.75) is 31.2 Å². The molecule has 0 aliphatic heterocycles. The molecule has 0 radical (unpaired) electrons. The average Bonchev–Trinajstić information content (AvgIpc) is 2.99. The summed E-state index contributed by atoms with van der Waals surface area (Å²) in [5, 5.41) is 16.2. The fourth-order valence-corrected chi connectivity index (χ4v) is 2.75. The summed E-state index contributed by atoms with van der Waals surface area (Å²) in [6, 6.07) is 2.53. The molecule has 1 unspecified atom stereocenters. The van der Waals surface area contributed by atoms with Crippen LogP contribution in [0.4, 0.5) is 5.82 Å². The fourth-order valence-electron chi connectivity index (χ4n) is 1.60. The third-order valence-electron chi connectivity index (χ3n) is 2.68. The van der Waals surface area contributed by atoms with Crippen molar-refractivity contribution in [3.8, 4) is 0 Å². The summed E-state index contributed by atoms with van der Waals surface area (Å²) in [7, 11) is -3.68. The maximum Gasteiger partial charge on any atom is 0.242 e. The van der Waals surface area contributed by atoms with Gasteiger partial charge in [0.2, 0.25) is 10.0 Å².